The number of anilines is 1. The van der Waals surface area contributed by atoms with Crippen LogP contribution >= 0.6 is 11.6 Å². The predicted octanol–water partition coefficient (Wildman–Crippen LogP) is 4.09. The number of furan rings is 1. The Morgan fingerprint density at radius 1 is 1.28 bits per heavy atom. The van der Waals surface area contributed by atoms with Crippen LogP contribution in [-0.2, 0) is 0 Å². The molecule has 8 heteroatoms. The number of pyridine rings is 2. The van der Waals surface area contributed by atoms with Crippen LogP contribution in [0.1, 0.15) is 16.1 Å². The highest BCUT2D eigenvalue weighted by atomic mass is 35.5. The number of aromatic nitrogens is 3. The summed E-state index contributed by atoms with van der Waals surface area (Å²) < 4.78 is 10.6. The lowest BCUT2D eigenvalue weighted by Crippen LogP contribution is -2.14. The number of hydrogen-bond donors (Lipinski definition) is 1. The standard InChI is InChI=1S/C17H11ClN4O3/c1-9-15-11(16(23)21-14-5-4-10(18)8-19-14)7-12(13-3-2-6-24-13)20-17(15)25-22-9/h2-8H,1H3,(H,19,21,23). The zero-order valence-electron chi connectivity index (χ0n) is 13.0. The summed E-state index contributed by atoms with van der Waals surface area (Å²) in [7, 11) is 0. The first-order chi connectivity index (χ1) is 12.1. The summed E-state index contributed by atoms with van der Waals surface area (Å²) in [4.78, 5) is 21.2. The molecular weight excluding hydrogens is 344 g/mol. The first-order valence-corrected chi connectivity index (χ1v) is 7.73. The Morgan fingerprint density at radius 2 is 2.16 bits per heavy atom. The fraction of sp³-hybridized carbons (Fsp3) is 0.0588. The highest BCUT2D eigenvalue weighted by molar-refractivity contribution is 6.30. The van der Waals surface area contributed by atoms with Gasteiger partial charge in [0.05, 0.1) is 27.9 Å². The van der Waals surface area contributed by atoms with E-state index in [-0.39, 0.29) is 11.6 Å². The predicted molar refractivity (Wildman–Crippen MR) is 91.4 cm³/mol. The molecule has 0 aromatic carbocycles. The van der Waals surface area contributed by atoms with Crippen LogP contribution in [0.2, 0.25) is 5.02 Å². The molecule has 0 spiro atoms. The molecule has 25 heavy (non-hydrogen) atoms. The number of carbonyl (C=O) groups excluding carboxylic acids is 1. The lowest BCUT2D eigenvalue weighted by molar-refractivity contribution is 0.102. The van der Waals surface area contributed by atoms with E-state index in [9.17, 15) is 4.79 Å². The summed E-state index contributed by atoms with van der Waals surface area (Å²) in [6, 6.07) is 8.39. The quantitative estimate of drug-likeness (QED) is 0.595. The monoisotopic (exact) mass is 354 g/mol. The average molecular weight is 355 g/mol. The Hall–Kier alpha value is -3.19. The van der Waals surface area contributed by atoms with Gasteiger partial charge in [-0.25, -0.2) is 9.97 Å². The van der Waals surface area contributed by atoms with Gasteiger partial charge < -0.3 is 14.3 Å². The molecule has 1 N–H and O–H groups in total. The SMILES string of the molecule is Cc1noc2nc(-c3ccco3)cc(C(=O)Nc3ccc(Cl)cn3)c12. The third kappa shape index (κ3) is 2.85. The molecule has 4 aromatic heterocycles. The van der Waals surface area contributed by atoms with Gasteiger partial charge in [0.2, 0.25) is 0 Å². The van der Waals surface area contributed by atoms with Crippen LogP contribution in [-0.4, -0.2) is 21.0 Å². The van der Waals surface area contributed by atoms with Crippen molar-refractivity contribution >= 4 is 34.4 Å². The maximum atomic E-state index is 12.8. The number of rotatable bonds is 3. The van der Waals surface area contributed by atoms with E-state index < -0.39 is 0 Å². The Morgan fingerprint density at radius 3 is 2.88 bits per heavy atom. The molecular formula is C17H11ClN4O3. The number of carbonyl (C=O) groups is 1. The van der Waals surface area contributed by atoms with E-state index in [1.54, 1.807) is 37.3 Å². The third-order valence-corrected chi connectivity index (χ3v) is 3.83. The molecule has 7 nitrogen and oxygen atoms in total. The summed E-state index contributed by atoms with van der Waals surface area (Å²) in [5.74, 6) is 0.545. The minimum atomic E-state index is -0.360. The maximum Gasteiger partial charge on any atom is 0.259 e. The minimum absolute atomic E-state index is 0.264. The largest absolute Gasteiger partial charge is 0.463 e. The van der Waals surface area contributed by atoms with Gasteiger partial charge in [-0.05, 0) is 37.3 Å². The number of fused-ring (bicyclic) bond motifs is 1. The fourth-order valence-electron chi connectivity index (χ4n) is 2.46. The molecule has 124 valence electrons. The van der Waals surface area contributed by atoms with Crippen LogP contribution in [0.15, 0.2) is 51.7 Å². The van der Waals surface area contributed by atoms with E-state index in [1.807, 2.05) is 0 Å². The van der Waals surface area contributed by atoms with E-state index in [0.29, 0.717) is 38.9 Å². The van der Waals surface area contributed by atoms with Crippen molar-refractivity contribution in [2.45, 2.75) is 6.92 Å². The molecule has 0 radical (unpaired) electrons. The van der Waals surface area contributed by atoms with Crippen molar-refractivity contribution < 1.29 is 13.7 Å². The van der Waals surface area contributed by atoms with Crippen LogP contribution in [0.25, 0.3) is 22.6 Å². The lowest BCUT2D eigenvalue weighted by Gasteiger charge is -2.07. The van der Waals surface area contributed by atoms with Crippen LogP contribution < -0.4 is 5.32 Å². The van der Waals surface area contributed by atoms with Gasteiger partial charge in [0.15, 0.2) is 5.76 Å². The van der Waals surface area contributed by atoms with Crippen molar-refractivity contribution in [1.29, 1.82) is 0 Å². The van der Waals surface area contributed by atoms with Crippen LogP contribution in [0.3, 0.4) is 0 Å². The minimum Gasteiger partial charge on any atom is -0.463 e. The smallest absolute Gasteiger partial charge is 0.259 e. The number of amides is 1. The van der Waals surface area contributed by atoms with Crippen molar-refractivity contribution in [2.75, 3.05) is 5.32 Å². The van der Waals surface area contributed by atoms with Gasteiger partial charge in [-0.2, -0.15) is 0 Å². The van der Waals surface area contributed by atoms with Crippen molar-refractivity contribution in [3.05, 3.63) is 59.1 Å². The molecule has 0 aliphatic carbocycles. The zero-order valence-corrected chi connectivity index (χ0v) is 13.7. The van der Waals surface area contributed by atoms with Crippen LogP contribution in [0.4, 0.5) is 5.82 Å². The lowest BCUT2D eigenvalue weighted by atomic mass is 10.1. The number of nitrogens with zero attached hydrogens (tertiary/aromatic N) is 3. The fourth-order valence-corrected chi connectivity index (χ4v) is 2.57. The highest BCUT2D eigenvalue weighted by Gasteiger charge is 2.20. The molecule has 0 fully saturated rings. The number of aryl methyl sites for hydroxylation is 1. The Bertz CT molecular complexity index is 1060. The summed E-state index contributed by atoms with van der Waals surface area (Å²) in [5, 5.41) is 7.66. The topological polar surface area (TPSA) is 94.0 Å². The Labute approximate surface area is 146 Å². The molecule has 0 aliphatic heterocycles. The van der Waals surface area contributed by atoms with Crippen molar-refractivity contribution in [3.8, 4) is 11.5 Å². The second kappa shape index (κ2) is 6.03. The van der Waals surface area contributed by atoms with Crippen LogP contribution in [0, 0.1) is 6.92 Å². The van der Waals surface area contributed by atoms with Gasteiger partial charge in [-0.3, -0.25) is 4.79 Å². The molecule has 0 atom stereocenters. The van der Waals surface area contributed by atoms with Gasteiger partial charge >= 0.3 is 0 Å². The van der Waals surface area contributed by atoms with Crippen LogP contribution in [0.5, 0.6) is 0 Å². The first-order valence-electron chi connectivity index (χ1n) is 7.35. The second-order valence-electron chi connectivity index (χ2n) is 5.30. The molecule has 0 saturated heterocycles. The van der Waals surface area contributed by atoms with E-state index in [1.165, 1.54) is 12.5 Å². The molecule has 0 bridgehead atoms. The van der Waals surface area contributed by atoms with Gasteiger partial charge in [-0.15, -0.1) is 0 Å². The number of halogens is 1. The van der Waals surface area contributed by atoms with Gasteiger partial charge in [0.25, 0.3) is 11.6 Å². The number of hydrogen-bond acceptors (Lipinski definition) is 6. The van der Waals surface area contributed by atoms with Crippen molar-refractivity contribution in [3.63, 3.8) is 0 Å². The molecule has 4 aromatic rings. The van der Waals surface area contributed by atoms with Gasteiger partial charge in [0.1, 0.15) is 11.5 Å². The van der Waals surface area contributed by atoms with E-state index in [0.717, 1.165) is 0 Å². The van der Waals surface area contributed by atoms with Gasteiger partial charge in [0, 0.05) is 6.20 Å². The summed E-state index contributed by atoms with van der Waals surface area (Å²) in [6.45, 7) is 1.75. The van der Waals surface area contributed by atoms with Crippen molar-refractivity contribution in [2.24, 2.45) is 0 Å². The Kier molecular flexibility index (Phi) is 3.70. The first kappa shape index (κ1) is 15.3. The molecule has 0 unspecified atom stereocenters. The Balaban J connectivity index is 1.80. The summed E-state index contributed by atoms with van der Waals surface area (Å²) in [6.07, 6.45) is 2.99. The third-order valence-electron chi connectivity index (χ3n) is 3.60. The molecule has 4 heterocycles. The van der Waals surface area contributed by atoms with Gasteiger partial charge in [-0.1, -0.05) is 16.8 Å². The van der Waals surface area contributed by atoms with Crippen molar-refractivity contribution in [1.82, 2.24) is 15.1 Å². The maximum absolute atomic E-state index is 12.8. The summed E-state index contributed by atoms with van der Waals surface area (Å²) in [5.41, 5.74) is 1.68. The zero-order chi connectivity index (χ0) is 17.4. The molecule has 4 rings (SSSR count). The number of nitrogens with one attached hydrogen (secondary N) is 1. The normalized spacial score (nSPS) is 11.0. The summed E-state index contributed by atoms with van der Waals surface area (Å²) >= 11 is 5.81. The molecule has 1 amide bonds. The van der Waals surface area contributed by atoms with E-state index >= 15 is 0 Å². The average Bonchev–Trinajstić information content (AvgIpc) is 3.26. The molecule has 0 aliphatic rings. The highest BCUT2D eigenvalue weighted by Crippen LogP contribution is 2.27. The van der Waals surface area contributed by atoms with E-state index in [4.69, 9.17) is 20.5 Å². The van der Waals surface area contributed by atoms with E-state index in [2.05, 4.69) is 20.4 Å². The molecule has 0 saturated carbocycles. The second-order valence-corrected chi connectivity index (χ2v) is 5.73.